The van der Waals surface area contributed by atoms with Crippen LogP contribution in [-0.4, -0.2) is 16.2 Å². The quantitative estimate of drug-likeness (QED) is 0.591. The van der Waals surface area contributed by atoms with Gasteiger partial charge in [-0.05, 0) is 18.6 Å². The fraction of sp³-hybridized carbons (Fsp3) is 0.364. The zero-order valence-electron chi connectivity index (χ0n) is 8.78. The maximum Gasteiger partial charge on any atom is 0.308 e. The van der Waals surface area contributed by atoms with Gasteiger partial charge < -0.3 is 14.9 Å². The molecule has 0 atom stereocenters. The van der Waals surface area contributed by atoms with E-state index in [1.54, 1.807) is 0 Å². The molecule has 0 unspecified atom stereocenters. The van der Waals surface area contributed by atoms with Gasteiger partial charge in [0, 0.05) is 12.5 Å². The Kier molecular flexibility index (Phi) is 3.55. The summed E-state index contributed by atoms with van der Waals surface area (Å²) in [7, 11) is 0. The summed E-state index contributed by atoms with van der Waals surface area (Å²) < 4.78 is 4.79. The second kappa shape index (κ2) is 4.68. The molecule has 0 spiro atoms. The summed E-state index contributed by atoms with van der Waals surface area (Å²) in [6, 6.07) is 2.77. The monoisotopic (exact) mass is 210 g/mol. The second-order valence-electron chi connectivity index (χ2n) is 3.25. The van der Waals surface area contributed by atoms with Crippen LogP contribution in [0.2, 0.25) is 0 Å². The number of ether oxygens (including phenoxy) is 1. The number of benzene rings is 1. The van der Waals surface area contributed by atoms with Crippen molar-refractivity contribution in [1.29, 1.82) is 0 Å². The zero-order chi connectivity index (χ0) is 11.4. The van der Waals surface area contributed by atoms with E-state index in [1.165, 1.54) is 19.1 Å². The second-order valence-corrected chi connectivity index (χ2v) is 3.25. The van der Waals surface area contributed by atoms with Crippen molar-refractivity contribution in [2.24, 2.45) is 0 Å². The van der Waals surface area contributed by atoms with Gasteiger partial charge in [-0.2, -0.15) is 0 Å². The smallest absolute Gasteiger partial charge is 0.308 e. The van der Waals surface area contributed by atoms with Crippen molar-refractivity contribution in [2.45, 2.75) is 26.7 Å². The van der Waals surface area contributed by atoms with E-state index in [4.69, 9.17) is 4.74 Å². The zero-order valence-corrected chi connectivity index (χ0v) is 8.78. The van der Waals surface area contributed by atoms with Crippen LogP contribution in [0.25, 0.3) is 0 Å². The number of aromatic hydroxyl groups is 2. The highest BCUT2D eigenvalue weighted by molar-refractivity contribution is 5.71. The van der Waals surface area contributed by atoms with Crippen molar-refractivity contribution in [3.63, 3.8) is 0 Å². The van der Waals surface area contributed by atoms with E-state index in [0.29, 0.717) is 12.0 Å². The number of hydrogen-bond acceptors (Lipinski definition) is 4. The van der Waals surface area contributed by atoms with Crippen molar-refractivity contribution in [1.82, 2.24) is 0 Å². The van der Waals surface area contributed by atoms with Gasteiger partial charge in [0.05, 0.1) is 0 Å². The highest BCUT2D eigenvalue weighted by atomic mass is 16.5. The lowest BCUT2D eigenvalue weighted by Crippen LogP contribution is -2.02. The topological polar surface area (TPSA) is 66.8 Å². The van der Waals surface area contributed by atoms with Crippen LogP contribution >= 0.6 is 0 Å². The Morgan fingerprint density at radius 3 is 2.60 bits per heavy atom. The number of esters is 1. The van der Waals surface area contributed by atoms with Crippen LogP contribution in [0.4, 0.5) is 0 Å². The fourth-order valence-corrected chi connectivity index (χ4v) is 1.34. The van der Waals surface area contributed by atoms with Gasteiger partial charge in [-0.3, -0.25) is 4.79 Å². The van der Waals surface area contributed by atoms with E-state index in [0.717, 1.165) is 6.42 Å². The predicted molar refractivity (Wildman–Crippen MR) is 55.1 cm³/mol. The molecule has 1 rings (SSSR count). The van der Waals surface area contributed by atoms with Crippen molar-refractivity contribution < 1.29 is 19.7 Å². The summed E-state index contributed by atoms with van der Waals surface area (Å²) in [5, 5.41) is 19.2. The third-order valence-electron chi connectivity index (χ3n) is 1.97. The van der Waals surface area contributed by atoms with E-state index in [2.05, 4.69) is 0 Å². The summed E-state index contributed by atoms with van der Waals surface area (Å²) in [5.41, 5.74) is 0.413. The van der Waals surface area contributed by atoms with Gasteiger partial charge in [-0.25, -0.2) is 0 Å². The molecule has 82 valence electrons. The number of phenols is 2. The van der Waals surface area contributed by atoms with Crippen molar-refractivity contribution >= 4 is 5.97 Å². The predicted octanol–water partition coefficient (Wildman–Crippen LogP) is 1.98. The van der Waals surface area contributed by atoms with E-state index in [1.807, 2.05) is 6.92 Å². The number of rotatable bonds is 3. The average Bonchev–Trinajstić information content (AvgIpc) is 2.16. The van der Waals surface area contributed by atoms with E-state index >= 15 is 0 Å². The molecule has 2 N–H and O–H groups in total. The minimum Gasteiger partial charge on any atom is -0.508 e. The van der Waals surface area contributed by atoms with Crippen LogP contribution in [0, 0.1) is 0 Å². The lowest BCUT2D eigenvalue weighted by Gasteiger charge is -2.10. The molecule has 0 amide bonds. The number of carbonyl (C=O) groups is 1. The molecule has 0 aliphatic heterocycles. The molecule has 1 aromatic rings. The minimum absolute atomic E-state index is 0.0188. The lowest BCUT2D eigenvalue weighted by atomic mass is 10.1. The van der Waals surface area contributed by atoms with Gasteiger partial charge >= 0.3 is 5.97 Å². The summed E-state index contributed by atoms with van der Waals surface area (Å²) in [6.45, 7) is 3.18. The Labute approximate surface area is 88.1 Å². The SMILES string of the molecule is CCCc1c(O)ccc(OC(C)=O)c1O. The first-order valence-corrected chi connectivity index (χ1v) is 4.78. The molecule has 0 bridgehead atoms. The first-order chi connectivity index (χ1) is 7.06. The molecule has 15 heavy (non-hydrogen) atoms. The molecule has 0 fully saturated rings. The van der Waals surface area contributed by atoms with Gasteiger partial charge in [0.1, 0.15) is 5.75 Å². The van der Waals surface area contributed by atoms with Crippen LogP contribution in [0.5, 0.6) is 17.2 Å². The van der Waals surface area contributed by atoms with E-state index < -0.39 is 5.97 Å². The van der Waals surface area contributed by atoms with Gasteiger partial charge in [-0.1, -0.05) is 13.3 Å². The van der Waals surface area contributed by atoms with Gasteiger partial charge in [0.25, 0.3) is 0 Å². The van der Waals surface area contributed by atoms with Crippen molar-refractivity contribution in [3.05, 3.63) is 17.7 Å². The highest BCUT2D eigenvalue weighted by Crippen LogP contribution is 2.36. The molecule has 1 aromatic carbocycles. The molecule has 0 aliphatic rings. The Morgan fingerprint density at radius 2 is 2.07 bits per heavy atom. The maximum atomic E-state index is 10.7. The molecule has 0 radical (unpaired) electrons. The van der Waals surface area contributed by atoms with Gasteiger partial charge in [0.15, 0.2) is 11.5 Å². The lowest BCUT2D eigenvalue weighted by molar-refractivity contribution is -0.132. The van der Waals surface area contributed by atoms with Crippen LogP contribution in [0.1, 0.15) is 25.8 Å². The van der Waals surface area contributed by atoms with E-state index in [-0.39, 0.29) is 17.2 Å². The fourth-order valence-electron chi connectivity index (χ4n) is 1.34. The Morgan fingerprint density at radius 1 is 1.40 bits per heavy atom. The normalized spacial score (nSPS) is 10.0. The van der Waals surface area contributed by atoms with Crippen molar-refractivity contribution in [2.75, 3.05) is 0 Å². The molecule has 0 saturated heterocycles. The molecular formula is C11H14O4. The first kappa shape index (κ1) is 11.4. The summed E-state index contributed by atoms with van der Waals surface area (Å²) in [4.78, 5) is 10.7. The molecule has 0 aromatic heterocycles. The van der Waals surface area contributed by atoms with Crippen molar-refractivity contribution in [3.8, 4) is 17.2 Å². The third-order valence-corrected chi connectivity index (χ3v) is 1.97. The summed E-state index contributed by atoms with van der Waals surface area (Å²) in [5.74, 6) is -0.556. The summed E-state index contributed by atoms with van der Waals surface area (Å²) in [6.07, 6.45) is 1.32. The van der Waals surface area contributed by atoms with Gasteiger partial charge in [0.2, 0.25) is 0 Å². The van der Waals surface area contributed by atoms with E-state index in [9.17, 15) is 15.0 Å². The standard InChI is InChI=1S/C11H14O4/c1-3-4-8-9(13)5-6-10(11(8)14)15-7(2)12/h5-6,13-14H,3-4H2,1-2H3. The highest BCUT2D eigenvalue weighted by Gasteiger charge is 2.13. The molecular weight excluding hydrogens is 196 g/mol. The summed E-state index contributed by atoms with van der Waals surface area (Å²) >= 11 is 0. The van der Waals surface area contributed by atoms with Crippen LogP contribution in [0.3, 0.4) is 0 Å². The number of carbonyl (C=O) groups excluding carboxylic acids is 1. The minimum atomic E-state index is -0.501. The molecule has 0 aliphatic carbocycles. The third kappa shape index (κ3) is 2.62. The first-order valence-electron chi connectivity index (χ1n) is 4.78. The van der Waals surface area contributed by atoms with Gasteiger partial charge in [-0.15, -0.1) is 0 Å². The average molecular weight is 210 g/mol. The molecule has 4 nitrogen and oxygen atoms in total. The maximum absolute atomic E-state index is 10.7. The van der Waals surface area contributed by atoms with Crippen LogP contribution in [-0.2, 0) is 11.2 Å². The number of phenolic OH excluding ortho intramolecular Hbond substituents is 2. The Hall–Kier alpha value is -1.71. The number of hydrogen-bond donors (Lipinski definition) is 2. The molecule has 4 heteroatoms. The van der Waals surface area contributed by atoms with Crippen LogP contribution < -0.4 is 4.74 Å². The van der Waals surface area contributed by atoms with Crippen LogP contribution in [0.15, 0.2) is 12.1 Å². The largest absolute Gasteiger partial charge is 0.508 e. The Bertz CT molecular complexity index is 371. The Balaban J connectivity index is 3.09. The molecule has 0 heterocycles. The molecule has 0 saturated carbocycles.